The van der Waals surface area contributed by atoms with Crippen molar-refractivity contribution in [2.24, 2.45) is 5.92 Å². The van der Waals surface area contributed by atoms with Crippen LogP contribution in [0.15, 0.2) is 72.5 Å². The highest BCUT2D eigenvalue weighted by atomic mass is 16.5. The summed E-state index contributed by atoms with van der Waals surface area (Å²) in [6.07, 6.45) is 10.0. The van der Waals surface area contributed by atoms with Crippen molar-refractivity contribution in [3.8, 4) is 5.75 Å². The molecule has 0 fully saturated rings. The molecule has 0 radical (unpaired) electrons. The van der Waals surface area contributed by atoms with Crippen LogP contribution in [0, 0.1) is 5.92 Å². The highest BCUT2D eigenvalue weighted by Crippen LogP contribution is 2.49. The summed E-state index contributed by atoms with van der Waals surface area (Å²) >= 11 is 0. The lowest BCUT2D eigenvalue weighted by Gasteiger charge is -2.39. The fraction of sp³-hybridized carbons (Fsp3) is 0.292. The monoisotopic (exact) mass is 360 g/mol. The summed E-state index contributed by atoms with van der Waals surface area (Å²) in [7, 11) is 0. The normalized spacial score (nSPS) is 24.0. The van der Waals surface area contributed by atoms with Gasteiger partial charge in [0.1, 0.15) is 18.1 Å². The Hall–Kier alpha value is -2.81. The van der Waals surface area contributed by atoms with Gasteiger partial charge in [0.25, 0.3) is 0 Å². The van der Waals surface area contributed by atoms with E-state index < -0.39 is 0 Å². The molecule has 2 aromatic rings. The third-order valence-corrected chi connectivity index (χ3v) is 5.75. The van der Waals surface area contributed by atoms with Gasteiger partial charge in [-0.3, -0.25) is 4.79 Å². The van der Waals surface area contributed by atoms with Gasteiger partial charge in [-0.25, -0.2) is 0 Å². The predicted octanol–water partition coefficient (Wildman–Crippen LogP) is 4.88. The smallest absolute Gasteiger partial charge is 0.157 e. The van der Waals surface area contributed by atoms with Gasteiger partial charge in [-0.05, 0) is 78.0 Å². The largest absolute Gasteiger partial charge is 0.508 e. The molecule has 0 saturated heterocycles. The molecule has 2 aromatic carbocycles. The zero-order chi connectivity index (χ0) is 18.6. The molecule has 27 heavy (non-hydrogen) atoms. The molecule has 0 aliphatic heterocycles. The Labute approximate surface area is 160 Å². The summed E-state index contributed by atoms with van der Waals surface area (Å²) < 4.78 is 5.44. The number of aldehydes is 1. The van der Waals surface area contributed by atoms with Gasteiger partial charge >= 0.3 is 0 Å². The molecule has 3 heteroatoms. The minimum absolute atomic E-state index is 0.0962. The van der Waals surface area contributed by atoms with E-state index in [0.717, 1.165) is 31.3 Å². The number of rotatable bonds is 5. The van der Waals surface area contributed by atoms with E-state index in [9.17, 15) is 9.90 Å². The maximum atomic E-state index is 10.5. The first-order valence-electron chi connectivity index (χ1n) is 9.58. The van der Waals surface area contributed by atoms with E-state index in [1.807, 2.05) is 12.1 Å². The summed E-state index contributed by atoms with van der Waals surface area (Å²) in [5.74, 6) is 2.29. The molecule has 0 bridgehead atoms. The predicted molar refractivity (Wildman–Crippen MR) is 106 cm³/mol. The number of phenols is 1. The molecule has 1 N–H and O–H groups in total. The third-order valence-electron chi connectivity index (χ3n) is 5.75. The van der Waals surface area contributed by atoms with Crippen LogP contribution in [-0.4, -0.2) is 18.0 Å². The van der Waals surface area contributed by atoms with Crippen LogP contribution in [-0.2, 0) is 16.0 Å². The first kappa shape index (κ1) is 17.6. The SMILES string of the molecule is O=CCOC1=CCC([C@@H]2c3ccc(O)cc3CC[C@@H]2c2ccccc2)C=C1. The van der Waals surface area contributed by atoms with Crippen LogP contribution in [0.1, 0.15) is 41.4 Å². The Balaban J connectivity index is 1.67. The highest BCUT2D eigenvalue weighted by molar-refractivity contribution is 5.51. The highest BCUT2D eigenvalue weighted by Gasteiger charge is 2.35. The fourth-order valence-electron chi connectivity index (χ4n) is 4.57. The van der Waals surface area contributed by atoms with E-state index in [1.165, 1.54) is 16.7 Å². The van der Waals surface area contributed by atoms with Gasteiger partial charge in [0.2, 0.25) is 0 Å². The molecule has 0 heterocycles. The van der Waals surface area contributed by atoms with Crippen molar-refractivity contribution in [3.63, 3.8) is 0 Å². The maximum absolute atomic E-state index is 10.5. The zero-order valence-corrected chi connectivity index (χ0v) is 15.3. The fourth-order valence-corrected chi connectivity index (χ4v) is 4.57. The molecular weight excluding hydrogens is 336 g/mol. The van der Waals surface area contributed by atoms with E-state index >= 15 is 0 Å². The standard InChI is InChI=1S/C24H24O3/c25-14-15-27-21-10-6-18(7-11-21)24-22(17-4-2-1-3-5-17)12-8-19-16-20(26)9-13-23(19)24/h1-6,9-11,13-14,16,18,22,24,26H,7-8,12,15H2/t18?,22-,24+/m1/s1. The van der Waals surface area contributed by atoms with Crippen LogP contribution in [0.25, 0.3) is 0 Å². The lowest BCUT2D eigenvalue weighted by molar-refractivity contribution is -0.110. The van der Waals surface area contributed by atoms with E-state index in [0.29, 0.717) is 23.5 Å². The Morgan fingerprint density at radius 1 is 1.15 bits per heavy atom. The van der Waals surface area contributed by atoms with Gasteiger partial charge in [0.15, 0.2) is 6.29 Å². The van der Waals surface area contributed by atoms with Gasteiger partial charge in [-0.2, -0.15) is 0 Å². The summed E-state index contributed by atoms with van der Waals surface area (Å²) in [6, 6.07) is 16.6. The molecule has 0 saturated carbocycles. The van der Waals surface area contributed by atoms with Gasteiger partial charge in [0.05, 0.1) is 0 Å². The molecule has 0 spiro atoms. The molecule has 3 nitrogen and oxygen atoms in total. The van der Waals surface area contributed by atoms with Crippen molar-refractivity contribution in [3.05, 3.63) is 89.2 Å². The first-order chi connectivity index (χ1) is 13.3. The van der Waals surface area contributed by atoms with E-state index in [-0.39, 0.29) is 6.61 Å². The second-order valence-corrected chi connectivity index (χ2v) is 7.31. The first-order valence-corrected chi connectivity index (χ1v) is 9.58. The van der Waals surface area contributed by atoms with Crippen molar-refractivity contribution in [1.82, 2.24) is 0 Å². The van der Waals surface area contributed by atoms with Crippen molar-refractivity contribution < 1.29 is 14.6 Å². The number of aryl methyl sites for hydroxylation is 1. The number of aromatic hydroxyl groups is 1. The van der Waals surface area contributed by atoms with Gasteiger partial charge in [-0.1, -0.05) is 42.5 Å². The van der Waals surface area contributed by atoms with Crippen LogP contribution < -0.4 is 0 Å². The van der Waals surface area contributed by atoms with Crippen LogP contribution in [0.2, 0.25) is 0 Å². The van der Waals surface area contributed by atoms with Crippen molar-refractivity contribution in [1.29, 1.82) is 0 Å². The number of carbonyl (C=O) groups excluding carboxylic acids is 1. The summed E-state index contributed by atoms with van der Waals surface area (Å²) in [4.78, 5) is 10.5. The number of fused-ring (bicyclic) bond motifs is 1. The Morgan fingerprint density at radius 3 is 2.74 bits per heavy atom. The van der Waals surface area contributed by atoms with Gasteiger partial charge < -0.3 is 9.84 Å². The minimum Gasteiger partial charge on any atom is -0.508 e. The number of hydrogen-bond donors (Lipinski definition) is 1. The molecule has 2 aliphatic carbocycles. The number of phenolic OH excluding ortho intramolecular Hbond substituents is 1. The summed E-state index contributed by atoms with van der Waals surface area (Å²) in [5.41, 5.74) is 3.97. The second kappa shape index (κ2) is 7.83. The topological polar surface area (TPSA) is 46.5 Å². The maximum Gasteiger partial charge on any atom is 0.157 e. The van der Waals surface area contributed by atoms with Crippen LogP contribution in [0.3, 0.4) is 0 Å². The Morgan fingerprint density at radius 2 is 2.00 bits per heavy atom. The average Bonchev–Trinajstić information content (AvgIpc) is 2.72. The quantitative estimate of drug-likeness (QED) is 0.773. The van der Waals surface area contributed by atoms with Crippen molar-refractivity contribution in [2.45, 2.75) is 31.1 Å². The third kappa shape index (κ3) is 3.68. The molecule has 0 aromatic heterocycles. The van der Waals surface area contributed by atoms with Gasteiger partial charge in [-0.15, -0.1) is 0 Å². The lowest BCUT2D eigenvalue weighted by Crippen LogP contribution is -2.25. The number of hydrogen-bond acceptors (Lipinski definition) is 3. The Bertz CT molecular complexity index is 866. The van der Waals surface area contributed by atoms with Crippen molar-refractivity contribution in [2.75, 3.05) is 6.61 Å². The molecule has 2 aliphatic rings. The van der Waals surface area contributed by atoms with Crippen LogP contribution in [0.5, 0.6) is 5.75 Å². The number of benzene rings is 2. The molecule has 138 valence electrons. The number of ether oxygens (including phenoxy) is 1. The molecule has 3 atom stereocenters. The molecular formula is C24H24O3. The molecule has 1 unspecified atom stereocenters. The lowest BCUT2D eigenvalue weighted by atomic mass is 9.65. The van der Waals surface area contributed by atoms with E-state index in [1.54, 1.807) is 6.07 Å². The summed E-state index contributed by atoms with van der Waals surface area (Å²) in [5, 5.41) is 9.92. The van der Waals surface area contributed by atoms with Crippen molar-refractivity contribution >= 4 is 6.29 Å². The summed E-state index contributed by atoms with van der Waals surface area (Å²) in [6.45, 7) is 0.0962. The minimum atomic E-state index is 0.0962. The van der Waals surface area contributed by atoms with Gasteiger partial charge in [0, 0.05) is 0 Å². The second-order valence-electron chi connectivity index (χ2n) is 7.31. The Kier molecular flexibility index (Phi) is 5.10. The average molecular weight is 360 g/mol. The number of carbonyl (C=O) groups is 1. The van der Waals surface area contributed by atoms with E-state index in [2.05, 4.69) is 48.6 Å². The molecule has 4 rings (SSSR count). The zero-order valence-electron chi connectivity index (χ0n) is 15.3. The molecule has 0 amide bonds. The van der Waals surface area contributed by atoms with Crippen LogP contribution in [0.4, 0.5) is 0 Å². The number of allylic oxidation sites excluding steroid dienone is 3. The van der Waals surface area contributed by atoms with Crippen LogP contribution >= 0.6 is 0 Å². The van der Waals surface area contributed by atoms with E-state index in [4.69, 9.17) is 4.74 Å².